The molecule has 1 aromatic rings. The van der Waals surface area contributed by atoms with Crippen LogP contribution in [0.5, 0.6) is 5.75 Å². The fraction of sp³-hybridized carbons (Fsp3) is 0.562. The van der Waals surface area contributed by atoms with Gasteiger partial charge in [0.05, 0.1) is 12.6 Å². The monoisotopic (exact) mass is 261 g/mol. The van der Waals surface area contributed by atoms with Crippen molar-refractivity contribution in [3.05, 3.63) is 29.8 Å². The maximum Gasteiger partial charge on any atom is 0.220 e. The standard InChI is InChI=1S/C16H23NO2/c1-3-15(18)17-16(11-5-4-6-12-16)13-7-9-14(19-2)10-8-13/h7-10H,3-6,11-12H2,1-2H3,(H,17,18). The number of carbonyl (C=O) groups is 1. The van der Waals surface area contributed by atoms with Gasteiger partial charge in [0, 0.05) is 6.42 Å². The molecular formula is C16H23NO2. The van der Waals surface area contributed by atoms with Crippen molar-refractivity contribution < 1.29 is 9.53 Å². The topological polar surface area (TPSA) is 38.3 Å². The van der Waals surface area contributed by atoms with Crippen molar-refractivity contribution in [3.63, 3.8) is 0 Å². The summed E-state index contributed by atoms with van der Waals surface area (Å²) in [6.45, 7) is 1.90. The van der Waals surface area contributed by atoms with Crippen LogP contribution in [0.25, 0.3) is 0 Å². The number of nitrogens with one attached hydrogen (secondary N) is 1. The molecule has 0 heterocycles. The quantitative estimate of drug-likeness (QED) is 0.902. The lowest BCUT2D eigenvalue weighted by Gasteiger charge is -2.38. The highest BCUT2D eigenvalue weighted by Crippen LogP contribution is 2.37. The SMILES string of the molecule is CCC(=O)NC1(c2ccc(OC)cc2)CCCCC1. The summed E-state index contributed by atoms with van der Waals surface area (Å²) in [5.41, 5.74) is 1.03. The fourth-order valence-corrected chi connectivity index (χ4v) is 2.91. The van der Waals surface area contributed by atoms with Crippen molar-refractivity contribution in [1.29, 1.82) is 0 Å². The molecule has 0 aliphatic heterocycles. The maximum absolute atomic E-state index is 11.8. The molecule has 0 bridgehead atoms. The molecule has 0 aromatic heterocycles. The number of rotatable bonds is 4. The largest absolute Gasteiger partial charge is 0.497 e. The van der Waals surface area contributed by atoms with Gasteiger partial charge in [0.15, 0.2) is 0 Å². The number of hydrogen-bond donors (Lipinski definition) is 1. The van der Waals surface area contributed by atoms with Crippen LogP contribution in [0.15, 0.2) is 24.3 Å². The third-order valence-electron chi connectivity index (χ3n) is 4.05. The molecule has 1 aromatic carbocycles. The van der Waals surface area contributed by atoms with E-state index in [1.807, 2.05) is 19.1 Å². The van der Waals surface area contributed by atoms with Gasteiger partial charge in [0.2, 0.25) is 5.91 Å². The van der Waals surface area contributed by atoms with Crippen LogP contribution in [0.2, 0.25) is 0 Å². The van der Waals surface area contributed by atoms with Gasteiger partial charge < -0.3 is 10.1 Å². The molecule has 19 heavy (non-hydrogen) atoms. The Morgan fingerprint density at radius 1 is 1.21 bits per heavy atom. The summed E-state index contributed by atoms with van der Waals surface area (Å²) in [5.74, 6) is 0.995. The minimum atomic E-state index is -0.169. The molecule has 2 rings (SSSR count). The summed E-state index contributed by atoms with van der Waals surface area (Å²) in [4.78, 5) is 11.8. The van der Waals surface area contributed by atoms with Crippen LogP contribution < -0.4 is 10.1 Å². The molecule has 3 nitrogen and oxygen atoms in total. The van der Waals surface area contributed by atoms with Gasteiger partial charge in [-0.25, -0.2) is 0 Å². The molecule has 0 spiro atoms. The summed E-state index contributed by atoms with van der Waals surface area (Å²) >= 11 is 0. The smallest absolute Gasteiger partial charge is 0.220 e. The predicted octanol–water partition coefficient (Wildman–Crippen LogP) is 3.38. The van der Waals surface area contributed by atoms with Crippen LogP contribution in [0.4, 0.5) is 0 Å². The Hall–Kier alpha value is -1.51. The Bertz CT molecular complexity index is 419. The lowest BCUT2D eigenvalue weighted by Crippen LogP contribution is -2.47. The average molecular weight is 261 g/mol. The summed E-state index contributed by atoms with van der Waals surface area (Å²) in [7, 11) is 1.67. The zero-order valence-electron chi connectivity index (χ0n) is 11.9. The number of amides is 1. The first kappa shape index (κ1) is 13.9. The molecule has 1 aliphatic rings. The van der Waals surface area contributed by atoms with Gasteiger partial charge in [0.1, 0.15) is 5.75 Å². The van der Waals surface area contributed by atoms with Crippen molar-refractivity contribution in [1.82, 2.24) is 5.32 Å². The minimum Gasteiger partial charge on any atom is -0.497 e. The Balaban J connectivity index is 2.27. The third kappa shape index (κ3) is 3.09. The third-order valence-corrected chi connectivity index (χ3v) is 4.05. The average Bonchev–Trinajstić information content (AvgIpc) is 2.48. The van der Waals surface area contributed by atoms with Crippen LogP contribution in [0.3, 0.4) is 0 Å². The fourth-order valence-electron chi connectivity index (χ4n) is 2.91. The van der Waals surface area contributed by atoms with Crippen molar-refractivity contribution in [2.75, 3.05) is 7.11 Å². The van der Waals surface area contributed by atoms with Gasteiger partial charge in [-0.05, 0) is 30.5 Å². The van der Waals surface area contributed by atoms with Crippen LogP contribution in [0, 0.1) is 0 Å². The first-order valence-corrected chi connectivity index (χ1v) is 7.16. The van der Waals surface area contributed by atoms with Crippen molar-refractivity contribution in [2.24, 2.45) is 0 Å². The van der Waals surface area contributed by atoms with Crippen LogP contribution in [0.1, 0.15) is 51.0 Å². The zero-order chi connectivity index (χ0) is 13.7. The second-order valence-electron chi connectivity index (χ2n) is 5.27. The molecule has 1 amide bonds. The van der Waals surface area contributed by atoms with E-state index < -0.39 is 0 Å². The Kier molecular flexibility index (Phi) is 4.46. The minimum absolute atomic E-state index is 0.137. The second-order valence-corrected chi connectivity index (χ2v) is 5.27. The summed E-state index contributed by atoms with van der Waals surface area (Å²) in [6, 6.07) is 8.12. The number of benzene rings is 1. The van der Waals surface area contributed by atoms with E-state index in [1.165, 1.54) is 24.8 Å². The van der Waals surface area contributed by atoms with E-state index in [1.54, 1.807) is 7.11 Å². The Morgan fingerprint density at radius 2 is 1.84 bits per heavy atom. The van der Waals surface area contributed by atoms with Crippen molar-refractivity contribution >= 4 is 5.91 Å². The summed E-state index contributed by atoms with van der Waals surface area (Å²) < 4.78 is 5.20. The molecule has 0 atom stereocenters. The van der Waals surface area contributed by atoms with Crippen LogP contribution >= 0.6 is 0 Å². The highest BCUT2D eigenvalue weighted by Gasteiger charge is 2.34. The molecule has 0 saturated heterocycles. The predicted molar refractivity (Wildman–Crippen MR) is 76.2 cm³/mol. The number of ether oxygens (including phenoxy) is 1. The first-order valence-electron chi connectivity index (χ1n) is 7.16. The molecule has 1 saturated carbocycles. The van der Waals surface area contributed by atoms with E-state index in [9.17, 15) is 4.79 Å². The van der Waals surface area contributed by atoms with Gasteiger partial charge in [0.25, 0.3) is 0 Å². The normalized spacial score (nSPS) is 17.8. The van der Waals surface area contributed by atoms with E-state index in [0.29, 0.717) is 6.42 Å². The molecule has 0 radical (unpaired) electrons. The van der Waals surface area contributed by atoms with E-state index in [0.717, 1.165) is 18.6 Å². The van der Waals surface area contributed by atoms with Gasteiger partial charge in [-0.1, -0.05) is 38.3 Å². The van der Waals surface area contributed by atoms with Crippen molar-refractivity contribution in [3.8, 4) is 5.75 Å². The molecular weight excluding hydrogens is 238 g/mol. The summed E-state index contributed by atoms with van der Waals surface area (Å²) in [6.07, 6.45) is 6.22. The van der Waals surface area contributed by atoms with E-state index in [2.05, 4.69) is 17.4 Å². The Labute approximate surface area is 115 Å². The van der Waals surface area contributed by atoms with E-state index in [4.69, 9.17) is 4.74 Å². The van der Waals surface area contributed by atoms with Crippen LogP contribution in [-0.2, 0) is 10.3 Å². The molecule has 1 fully saturated rings. The first-order chi connectivity index (χ1) is 9.20. The van der Waals surface area contributed by atoms with Gasteiger partial charge in [-0.15, -0.1) is 0 Å². The maximum atomic E-state index is 11.8. The van der Waals surface area contributed by atoms with Gasteiger partial charge in [-0.3, -0.25) is 4.79 Å². The number of carbonyl (C=O) groups excluding carboxylic acids is 1. The number of hydrogen-bond acceptors (Lipinski definition) is 2. The van der Waals surface area contributed by atoms with Crippen molar-refractivity contribution in [2.45, 2.75) is 51.0 Å². The molecule has 104 valence electrons. The second kappa shape index (κ2) is 6.09. The molecule has 1 aliphatic carbocycles. The summed E-state index contributed by atoms with van der Waals surface area (Å²) in [5, 5.41) is 3.26. The molecule has 3 heteroatoms. The van der Waals surface area contributed by atoms with Crippen LogP contribution in [-0.4, -0.2) is 13.0 Å². The van der Waals surface area contributed by atoms with E-state index >= 15 is 0 Å². The molecule has 1 N–H and O–H groups in total. The highest BCUT2D eigenvalue weighted by atomic mass is 16.5. The van der Waals surface area contributed by atoms with Gasteiger partial charge >= 0.3 is 0 Å². The Morgan fingerprint density at radius 3 is 2.37 bits per heavy atom. The van der Waals surface area contributed by atoms with E-state index in [-0.39, 0.29) is 11.4 Å². The number of methoxy groups -OCH3 is 1. The van der Waals surface area contributed by atoms with Gasteiger partial charge in [-0.2, -0.15) is 0 Å². The lowest BCUT2D eigenvalue weighted by molar-refractivity contribution is -0.123. The lowest BCUT2D eigenvalue weighted by atomic mass is 9.76. The highest BCUT2D eigenvalue weighted by molar-refractivity contribution is 5.76. The zero-order valence-corrected chi connectivity index (χ0v) is 11.9. The molecule has 0 unspecified atom stereocenters.